The van der Waals surface area contributed by atoms with E-state index in [0.29, 0.717) is 6.54 Å². The normalized spacial score (nSPS) is 12.9. The lowest BCUT2D eigenvalue weighted by atomic mass is 10.1. The number of carbonyl (C=O) groups is 1. The number of nitrogens with zero attached hydrogens (tertiary/aromatic N) is 1. The summed E-state index contributed by atoms with van der Waals surface area (Å²) in [5.74, 6) is 0.0719. The second-order valence-corrected chi connectivity index (χ2v) is 5.62. The van der Waals surface area contributed by atoms with Gasteiger partial charge in [0.15, 0.2) is 0 Å². The molecule has 3 nitrogen and oxygen atoms in total. The smallest absolute Gasteiger partial charge is 0.253 e. The van der Waals surface area contributed by atoms with Gasteiger partial charge >= 0.3 is 0 Å². The molecule has 1 aromatic carbocycles. The third-order valence-electron chi connectivity index (χ3n) is 3.41. The maximum Gasteiger partial charge on any atom is 0.253 e. The second kappa shape index (κ2) is 5.05. The summed E-state index contributed by atoms with van der Waals surface area (Å²) in [6.45, 7) is 1.63. The highest BCUT2D eigenvalue weighted by Crippen LogP contribution is 2.24. The molecule has 2 aromatic rings. The van der Waals surface area contributed by atoms with Crippen LogP contribution in [-0.4, -0.2) is 24.4 Å². The quantitative estimate of drug-likeness (QED) is 0.931. The summed E-state index contributed by atoms with van der Waals surface area (Å²) in [6.07, 6.45) is 1.05. The fraction of sp³-hybridized carbons (Fsp3) is 0.267. The third kappa shape index (κ3) is 2.49. The van der Waals surface area contributed by atoms with Gasteiger partial charge in [0.25, 0.3) is 5.91 Å². The lowest BCUT2D eigenvalue weighted by molar-refractivity contribution is 0.0785. The van der Waals surface area contributed by atoms with Crippen LogP contribution >= 0.6 is 11.3 Å². The molecule has 1 aliphatic rings. The topological polar surface area (TPSA) is 32.3 Å². The van der Waals surface area contributed by atoms with Crippen LogP contribution in [0.2, 0.25) is 0 Å². The number of fused-ring (bicyclic) bond motifs is 1. The van der Waals surface area contributed by atoms with Gasteiger partial charge in [-0.05, 0) is 46.5 Å². The van der Waals surface area contributed by atoms with Crippen LogP contribution in [0, 0.1) is 0 Å². The van der Waals surface area contributed by atoms with Crippen molar-refractivity contribution in [3.63, 3.8) is 0 Å². The van der Waals surface area contributed by atoms with Crippen LogP contribution in [0.4, 0.5) is 5.69 Å². The average molecular weight is 272 g/mol. The van der Waals surface area contributed by atoms with E-state index in [1.165, 1.54) is 11.1 Å². The van der Waals surface area contributed by atoms with Crippen LogP contribution in [0.3, 0.4) is 0 Å². The van der Waals surface area contributed by atoms with E-state index in [-0.39, 0.29) is 5.91 Å². The molecule has 2 heterocycles. The predicted molar refractivity (Wildman–Crippen MR) is 78.8 cm³/mol. The summed E-state index contributed by atoms with van der Waals surface area (Å²) < 4.78 is 0. The first-order valence-electron chi connectivity index (χ1n) is 6.37. The number of hydrogen-bond acceptors (Lipinski definition) is 3. The summed E-state index contributed by atoms with van der Waals surface area (Å²) in [5, 5.41) is 7.42. The maximum absolute atomic E-state index is 12.4. The van der Waals surface area contributed by atoms with Gasteiger partial charge in [-0.3, -0.25) is 4.79 Å². The van der Waals surface area contributed by atoms with E-state index < -0.39 is 0 Å². The Morgan fingerprint density at radius 1 is 1.42 bits per heavy atom. The van der Waals surface area contributed by atoms with E-state index in [1.54, 1.807) is 16.2 Å². The summed E-state index contributed by atoms with van der Waals surface area (Å²) in [7, 11) is 1.85. The zero-order chi connectivity index (χ0) is 13.2. The van der Waals surface area contributed by atoms with E-state index in [9.17, 15) is 4.79 Å². The Balaban J connectivity index is 1.76. The second-order valence-electron chi connectivity index (χ2n) is 4.84. The van der Waals surface area contributed by atoms with Gasteiger partial charge in [-0.15, -0.1) is 0 Å². The molecule has 0 saturated carbocycles. The number of carbonyl (C=O) groups excluding carboxylic acids is 1. The molecule has 1 amide bonds. The van der Waals surface area contributed by atoms with Gasteiger partial charge in [0, 0.05) is 31.4 Å². The fourth-order valence-corrected chi connectivity index (χ4v) is 3.03. The Morgan fingerprint density at radius 2 is 2.32 bits per heavy atom. The molecule has 1 N–H and O–H groups in total. The van der Waals surface area contributed by atoms with Crippen LogP contribution < -0.4 is 5.32 Å². The average Bonchev–Trinajstić information content (AvgIpc) is 3.07. The van der Waals surface area contributed by atoms with Gasteiger partial charge in [-0.2, -0.15) is 11.3 Å². The minimum atomic E-state index is 0.0719. The first-order valence-corrected chi connectivity index (χ1v) is 7.31. The van der Waals surface area contributed by atoms with Gasteiger partial charge in [-0.1, -0.05) is 6.07 Å². The first-order chi connectivity index (χ1) is 9.24. The highest BCUT2D eigenvalue weighted by molar-refractivity contribution is 7.07. The van der Waals surface area contributed by atoms with Crippen LogP contribution in [0.15, 0.2) is 35.0 Å². The number of anilines is 1. The minimum absolute atomic E-state index is 0.0719. The molecule has 0 radical (unpaired) electrons. The van der Waals surface area contributed by atoms with E-state index in [2.05, 4.69) is 22.8 Å². The molecular formula is C15H16N2OS. The van der Waals surface area contributed by atoms with E-state index in [1.807, 2.05) is 24.6 Å². The Bertz CT molecular complexity index is 592. The third-order valence-corrected chi connectivity index (χ3v) is 4.15. The Hall–Kier alpha value is -1.81. The summed E-state index contributed by atoms with van der Waals surface area (Å²) in [6, 6.07) is 8.01. The molecular weight excluding hydrogens is 256 g/mol. The molecule has 1 aromatic heterocycles. The molecule has 0 aliphatic carbocycles. The molecule has 0 bridgehead atoms. The maximum atomic E-state index is 12.4. The molecule has 98 valence electrons. The Kier molecular flexibility index (Phi) is 3.25. The van der Waals surface area contributed by atoms with E-state index in [4.69, 9.17) is 0 Å². The molecule has 19 heavy (non-hydrogen) atoms. The van der Waals surface area contributed by atoms with Gasteiger partial charge in [0.1, 0.15) is 0 Å². The van der Waals surface area contributed by atoms with E-state index in [0.717, 1.165) is 24.2 Å². The monoisotopic (exact) mass is 272 g/mol. The van der Waals surface area contributed by atoms with Crippen molar-refractivity contribution >= 4 is 22.9 Å². The fourth-order valence-electron chi connectivity index (χ4n) is 2.37. The Morgan fingerprint density at radius 3 is 3.11 bits per heavy atom. The number of hydrogen-bond donors (Lipinski definition) is 1. The molecule has 0 saturated heterocycles. The molecule has 0 fully saturated rings. The standard InChI is InChI=1S/C15H16N2OS/c1-17(9-11-5-7-19-10-11)15(18)13-3-2-12-4-6-16-14(12)8-13/h2-3,5,7-8,10,16H,4,6,9H2,1H3. The van der Waals surface area contributed by atoms with Gasteiger partial charge < -0.3 is 10.2 Å². The number of amides is 1. The van der Waals surface area contributed by atoms with Crippen molar-refractivity contribution < 1.29 is 4.79 Å². The largest absolute Gasteiger partial charge is 0.384 e. The van der Waals surface area contributed by atoms with Crippen molar-refractivity contribution in [2.24, 2.45) is 0 Å². The van der Waals surface area contributed by atoms with Crippen LogP contribution in [0.1, 0.15) is 21.5 Å². The van der Waals surface area contributed by atoms with Gasteiger partial charge in [0.2, 0.25) is 0 Å². The van der Waals surface area contributed by atoms with Crippen molar-refractivity contribution in [3.8, 4) is 0 Å². The van der Waals surface area contributed by atoms with Crippen LogP contribution in [0.5, 0.6) is 0 Å². The van der Waals surface area contributed by atoms with Crippen molar-refractivity contribution in [1.29, 1.82) is 0 Å². The van der Waals surface area contributed by atoms with E-state index >= 15 is 0 Å². The lowest BCUT2D eigenvalue weighted by Crippen LogP contribution is -2.26. The number of rotatable bonds is 3. The van der Waals surface area contributed by atoms with Crippen molar-refractivity contribution in [2.45, 2.75) is 13.0 Å². The zero-order valence-electron chi connectivity index (χ0n) is 10.8. The SMILES string of the molecule is CN(Cc1ccsc1)C(=O)c1ccc2c(c1)NCC2. The summed E-state index contributed by atoms with van der Waals surface area (Å²) >= 11 is 1.66. The Labute approximate surface area is 116 Å². The molecule has 1 aliphatic heterocycles. The van der Waals surface area contributed by atoms with Crippen molar-refractivity contribution in [2.75, 3.05) is 18.9 Å². The molecule has 0 atom stereocenters. The number of thiophene rings is 1. The lowest BCUT2D eigenvalue weighted by Gasteiger charge is -2.17. The minimum Gasteiger partial charge on any atom is -0.384 e. The van der Waals surface area contributed by atoms with Crippen molar-refractivity contribution in [1.82, 2.24) is 4.90 Å². The highest BCUT2D eigenvalue weighted by atomic mass is 32.1. The number of benzene rings is 1. The number of nitrogens with one attached hydrogen (secondary N) is 1. The van der Waals surface area contributed by atoms with Crippen LogP contribution in [-0.2, 0) is 13.0 Å². The predicted octanol–water partition coefficient (Wildman–Crippen LogP) is 2.99. The summed E-state index contributed by atoms with van der Waals surface area (Å²) in [4.78, 5) is 14.1. The van der Waals surface area contributed by atoms with Gasteiger partial charge in [-0.25, -0.2) is 0 Å². The zero-order valence-corrected chi connectivity index (χ0v) is 11.7. The molecule has 0 unspecified atom stereocenters. The molecule has 3 rings (SSSR count). The first kappa shape index (κ1) is 12.2. The molecule has 0 spiro atoms. The van der Waals surface area contributed by atoms with Gasteiger partial charge in [0.05, 0.1) is 0 Å². The summed E-state index contributed by atoms with van der Waals surface area (Å²) in [5.41, 5.74) is 4.35. The highest BCUT2D eigenvalue weighted by Gasteiger charge is 2.16. The molecule has 4 heteroatoms. The van der Waals surface area contributed by atoms with Crippen molar-refractivity contribution in [3.05, 3.63) is 51.7 Å². The van der Waals surface area contributed by atoms with Crippen LogP contribution in [0.25, 0.3) is 0 Å².